The highest BCUT2D eigenvalue weighted by Gasteiger charge is 2.11. The number of carbonyl (C=O) groups excluding carboxylic acids is 1. The molecule has 0 saturated heterocycles. The van der Waals surface area contributed by atoms with Crippen molar-refractivity contribution in [3.63, 3.8) is 0 Å². The first-order valence-corrected chi connectivity index (χ1v) is 6.15. The van der Waals surface area contributed by atoms with Gasteiger partial charge in [0.1, 0.15) is 0 Å². The summed E-state index contributed by atoms with van der Waals surface area (Å²) in [6.45, 7) is 0. The molecule has 0 aliphatic heterocycles. The van der Waals surface area contributed by atoms with Crippen LogP contribution in [0.5, 0.6) is 0 Å². The highest BCUT2D eigenvalue weighted by Crippen LogP contribution is 2.23. The van der Waals surface area contributed by atoms with E-state index in [-0.39, 0.29) is 5.78 Å². The van der Waals surface area contributed by atoms with E-state index in [1.165, 1.54) is 22.7 Å². The van der Waals surface area contributed by atoms with Gasteiger partial charge in [0.15, 0.2) is 0 Å². The van der Waals surface area contributed by atoms with Crippen molar-refractivity contribution < 1.29 is 4.79 Å². The van der Waals surface area contributed by atoms with Crippen LogP contribution in [0.15, 0.2) is 33.4 Å². The van der Waals surface area contributed by atoms with E-state index >= 15 is 0 Å². The molecule has 0 spiro atoms. The van der Waals surface area contributed by atoms with Gasteiger partial charge in [-0.15, -0.1) is 22.7 Å². The summed E-state index contributed by atoms with van der Waals surface area (Å²) in [4.78, 5) is 13.3. The normalized spacial score (nSPS) is 10.2. The van der Waals surface area contributed by atoms with Crippen LogP contribution in [0.2, 0.25) is 0 Å². The van der Waals surface area contributed by atoms with Crippen molar-refractivity contribution in [2.75, 3.05) is 0 Å². The molecule has 0 aliphatic carbocycles. The molecular formula is C9H5BrOS2. The predicted octanol–water partition coefficient (Wildman–Crippen LogP) is 3.80. The molecule has 0 N–H and O–H groups in total. The molecule has 0 amide bonds. The van der Waals surface area contributed by atoms with Gasteiger partial charge in [-0.05, 0) is 33.4 Å². The molecule has 0 bridgehead atoms. The van der Waals surface area contributed by atoms with Gasteiger partial charge < -0.3 is 0 Å². The van der Waals surface area contributed by atoms with Gasteiger partial charge in [0.2, 0.25) is 5.78 Å². The van der Waals surface area contributed by atoms with Gasteiger partial charge in [-0.3, -0.25) is 4.79 Å². The lowest BCUT2D eigenvalue weighted by Crippen LogP contribution is -1.93. The van der Waals surface area contributed by atoms with Crippen LogP contribution < -0.4 is 0 Å². The van der Waals surface area contributed by atoms with Crippen molar-refractivity contribution in [1.29, 1.82) is 0 Å². The number of ketones is 1. The number of halogens is 1. The Labute approximate surface area is 92.2 Å². The van der Waals surface area contributed by atoms with Crippen LogP contribution in [0, 0.1) is 0 Å². The summed E-state index contributed by atoms with van der Waals surface area (Å²) in [5.74, 6) is 0.116. The molecule has 0 aromatic carbocycles. The molecule has 0 radical (unpaired) electrons. The average Bonchev–Trinajstić information content (AvgIpc) is 2.72. The number of hydrogen-bond acceptors (Lipinski definition) is 3. The van der Waals surface area contributed by atoms with Gasteiger partial charge in [0.05, 0.1) is 9.75 Å². The van der Waals surface area contributed by atoms with E-state index in [9.17, 15) is 4.79 Å². The lowest BCUT2D eigenvalue weighted by molar-refractivity contribution is 0.104. The molecule has 2 heterocycles. The summed E-state index contributed by atoms with van der Waals surface area (Å²) < 4.78 is 0.970. The third kappa shape index (κ3) is 1.90. The molecule has 0 aliphatic rings. The predicted molar refractivity (Wildman–Crippen MR) is 59.8 cm³/mol. The Balaban J connectivity index is 2.33. The molecule has 0 saturated carbocycles. The van der Waals surface area contributed by atoms with Crippen molar-refractivity contribution >= 4 is 44.4 Å². The first-order chi connectivity index (χ1) is 6.27. The monoisotopic (exact) mass is 272 g/mol. The van der Waals surface area contributed by atoms with Crippen LogP contribution >= 0.6 is 38.6 Å². The molecule has 4 heteroatoms. The zero-order chi connectivity index (χ0) is 9.26. The molecule has 13 heavy (non-hydrogen) atoms. The van der Waals surface area contributed by atoms with Gasteiger partial charge in [-0.1, -0.05) is 6.07 Å². The van der Waals surface area contributed by atoms with E-state index in [0.717, 1.165) is 14.2 Å². The maximum atomic E-state index is 11.7. The second kappa shape index (κ2) is 3.74. The Hall–Kier alpha value is -0.450. The Morgan fingerprint density at radius 3 is 2.69 bits per heavy atom. The second-order valence-electron chi connectivity index (χ2n) is 2.44. The maximum Gasteiger partial charge on any atom is 0.212 e. The summed E-state index contributed by atoms with van der Waals surface area (Å²) in [6, 6.07) is 5.59. The van der Waals surface area contributed by atoms with Crippen LogP contribution in [0.1, 0.15) is 14.5 Å². The zero-order valence-corrected chi connectivity index (χ0v) is 9.71. The van der Waals surface area contributed by atoms with Crippen LogP contribution in [-0.4, -0.2) is 5.78 Å². The standard InChI is InChI=1S/C9H5BrOS2/c10-6-4-8(13-5-6)9(11)7-2-1-3-12-7/h1-5H. The Kier molecular flexibility index (Phi) is 2.62. The van der Waals surface area contributed by atoms with Gasteiger partial charge in [-0.25, -0.2) is 0 Å². The fourth-order valence-electron chi connectivity index (χ4n) is 0.961. The van der Waals surface area contributed by atoms with E-state index < -0.39 is 0 Å². The summed E-state index contributed by atoms with van der Waals surface area (Å²) in [5.41, 5.74) is 0. The molecule has 66 valence electrons. The molecular weight excluding hydrogens is 268 g/mol. The molecule has 0 atom stereocenters. The SMILES string of the molecule is O=C(c1cccs1)c1cc(Br)cs1. The lowest BCUT2D eigenvalue weighted by Gasteiger charge is -1.90. The van der Waals surface area contributed by atoms with E-state index in [0.29, 0.717) is 0 Å². The summed E-state index contributed by atoms with van der Waals surface area (Å²) in [5, 5.41) is 3.83. The summed E-state index contributed by atoms with van der Waals surface area (Å²) in [7, 11) is 0. The first-order valence-electron chi connectivity index (χ1n) is 3.59. The topological polar surface area (TPSA) is 17.1 Å². The van der Waals surface area contributed by atoms with E-state index in [4.69, 9.17) is 0 Å². The van der Waals surface area contributed by atoms with Crippen LogP contribution in [0.3, 0.4) is 0 Å². The molecule has 0 unspecified atom stereocenters. The quantitative estimate of drug-likeness (QED) is 0.760. The van der Waals surface area contributed by atoms with Crippen molar-refractivity contribution in [3.05, 3.63) is 43.2 Å². The zero-order valence-electron chi connectivity index (χ0n) is 6.49. The lowest BCUT2D eigenvalue weighted by atomic mass is 10.3. The van der Waals surface area contributed by atoms with Crippen LogP contribution in [-0.2, 0) is 0 Å². The summed E-state index contributed by atoms with van der Waals surface area (Å²) in [6.07, 6.45) is 0. The maximum absolute atomic E-state index is 11.7. The van der Waals surface area contributed by atoms with E-state index in [2.05, 4.69) is 15.9 Å². The number of hydrogen-bond donors (Lipinski definition) is 0. The van der Waals surface area contributed by atoms with Gasteiger partial charge in [0.25, 0.3) is 0 Å². The average molecular weight is 273 g/mol. The molecule has 0 fully saturated rings. The van der Waals surface area contributed by atoms with E-state index in [1.54, 1.807) is 0 Å². The van der Waals surface area contributed by atoms with Crippen molar-refractivity contribution in [2.45, 2.75) is 0 Å². The Morgan fingerprint density at radius 1 is 1.31 bits per heavy atom. The minimum atomic E-state index is 0.116. The van der Waals surface area contributed by atoms with Gasteiger partial charge >= 0.3 is 0 Å². The minimum absolute atomic E-state index is 0.116. The first kappa shape index (κ1) is 9.12. The Morgan fingerprint density at radius 2 is 2.15 bits per heavy atom. The van der Waals surface area contributed by atoms with E-state index in [1.807, 2.05) is 29.0 Å². The Bertz CT molecular complexity index is 417. The number of thiophene rings is 2. The fraction of sp³-hybridized carbons (Fsp3) is 0. The third-order valence-electron chi connectivity index (χ3n) is 1.54. The minimum Gasteiger partial charge on any atom is -0.287 e. The number of carbonyl (C=O) groups is 1. The largest absolute Gasteiger partial charge is 0.287 e. The number of rotatable bonds is 2. The fourth-order valence-corrected chi connectivity index (χ4v) is 3.08. The van der Waals surface area contributed by atoms with Crippen LogP contribution in [0.25, 0.3) is 0 Å². The molecule has 2 aromatic rings. The van der Waals surface area contributed by atoms with Crippen LogP contribution in [0.4, 0.5) is 0 Å². The second-order valence-corrected chi connectivity index (χ2v) is 5.21. The molecule has 1 nitrogen and oxygen atoms in total. The van der Waals surface area contributed by atoms with Gasteiger partial charge in [0, 0.05) is 9.85 Å². The van der Waals surface area contributed by atoms with Gasteiger partial charge in [-0.2, -0.15) is 0 Å². The highest BCUT2D eigenvalue weighted by atomic mass is 79.9. The van der Waals surface area contributed by atoms with Crippen molar-refractivity contribution in [3.8, 4) is 0 Å². The molecule has 2 aromatic heterocycles. The third-order valence-corrected chi connectivity index (χ3v) is 4.09. The van der Waals surface area contributed by atoms with Crippen molar-refractivity contribution in [2.24, 2.45) is 0 Å². The molecule has 2 rings (SSSR count). The highest BCUT2D eigenvalue weighted by molar-refractivity contribution is 9.10. The smallest absolute Gasteiger partial charge is 0.212 e. The van der Waals surface area contributed by atoms with Crippen molar-refractivity contribution in [1.82, 2.24) is 0 Å². The summed E-state index contributed by atoms with van der Waals surface area (Å²) >= 11 is 6.27.